The molecule has 1 aromatic heterocycles. The molecule has 0 fully saturated rings. The van der Waals surface area contributed by atoms with Gasteiger partial charge in [-0.15, -0.1) is 0 Å². The van der Waals surface area contributed by atoms with Crippen LogP contribution >= 0.6 is 0 Å². The summed E-state index contributed by atoms with van der Waals surface area (Å²) in [5.41, 5.74) is 3.60. The van der Waals surface area contributed by atoms with Crippen molar-refractivity contribution in [3.8, 4) is 0 Å². The number of rotatable bonds is 3. The van der Waals surface area contributed by atoms with Crippen LogP contribution < -0.4 is 4.90 Å². The van der Waals surface area contributed by atoms with E-state index in [1.54, 1.807) is 0 Å². The smallest absolute Gasteiger partial charge is 0.119 e. The van der Waals surface area contributed by atoms with E-state index in [-0.39, 0.29) is 0 Å². The zero-order valence-electron chi connectivity index (χ0n) is 10.4. The molecule has 0 aromatic carbocycles. The zero-order chi connectivity index (χ0) is 11.5. The molecule has 0 unspecified atom stereocenters. The molecule has 3 nitrogen and oxygen atoms in total. The van der Waals surface area contributed by atoms with Crippen LogP contribution in [-0.4, -0.2) is 17.8 Å². The first-order valence-corrected chi connectivity index (χ1v) is 6.06. The second-order valence-electron chi connectivity index (χ2n) is 4.37. The Labute approximate surface area is 97.4 Å². The summed E-state index contributed by atoms with van der Waals surface area (Å²) in [4.78, 5) is 6.70. The Balaban J connectivity index is 2.34. The summed E-state index contributed by atoms with van der Waals surface area (Å²) in [6, 6.07) is 2.75. The lowest BCUT2D eigenvalue weighted by Crippen LogP contribution is -2.39. The van der Waals surface area contributed by atoms with Gasteiger partial charge in [-0.25, -0.2) is 0 Å². The van der Waals surface area contributed by atoms with E-state index in [0.29, 0.717) is 19.4 Å². The van der Waals surface area contributed by atoms with Gasteiger partial charge in [-0.1, -0.05) is 13.8 Å². The lowest BCUT2D eigenvalue weighted by Gasteiger charge is -2.36. The maximum atomic E-state index is 5.62. The number of hydrogen-bond donors (Lipinski definition) is 0. The van der Waals surface area contributed by atoms with Crippen molar-refractivity contribution in [1.29, 1.82) is 0 Å². The number of anilines is 1. The summed E-state index contributed by atoms with van der Waals surface area (Å²) in [6.07, 6.45) is 4.25. The van der Waals surface area contributed by atoms with Crippen molar-refractivity contribution in [3.63, 3.8) is 0 Å². The van der Waals surface area contributed by atoms with Gasteiger partial charge in [0.25, 0.3) is 0 Å². The van der Waals surface area contributed by atoms with Crippen molar-refractivity contribution in [1.82, 2.24) is 4.98 Å². The van der Waals surface area contributed by atoms with E-state index < -0.39 is 0 Å². The second-order valence-corrected chi connectivity index (χ2v) is 4.37. The summed E-state index contributed by atoms with van der Waals surface area (Å²) in [7, 11) is 0. The van der Waals surface area contributed by atoms with Crippen LogP contribution in [0.4, 0.5) is 5.69 Å². The van der Waals surface area contributed by atoms with E-state index in [4.69, 9.17) is 4.74 Å². The Morgan fingerprint density at radius 2 is 2.19 bits per heavy atom. The van der Waals surface area contributed by atoms with Crippen LogP contribution in [0.2, 0.25) is 0 Å². The van der Waals surface area contributed by atoms with Crippen LogP contribution in [0.5, 0.6) is 0 Å². The lowest BCUT2D eigenvalue weighted by atomic mass is 10.1. The molecule has 2 rings (SSSR count). The highest BCUT2D eigenvalue weighted by Crippen LogP contribution is 2.29. The molecule has 0 saturated heterocycles. The predicted octanol–water partition coefficient (Wildman–Crippen LogP) is 2.87. The van der Waals surface area contributed by atoms with Gasteiger partial charge in [-0.2, -0.15) is 0 Å². The van der Waals surface area contributed by atoms with Gasteiger partial charge in [0.1, 0.15) is 6.73 Å². The number of nitrogens with zero attached hydrogens (tertiary/aromatic N) is 2. The Bertz CT molecular complexity index is 361. The molecule has 16 heavy (non-hydrogen) atoms. The number of ether oxygens (including phenoxy) is 1. The minimum Gasteiger partial charge on any atom is -0.356 e. The van der Waals surface area contributed by atoms with Gasteiger partial charge in [0, 0.05) is 29.2 Å². The van der Waals surface area contributed by atoms with Crippen LogP contribution in [0.3, 0.4) is 0 Å². The monoisotopic (exact) mass is 220 g/mol. The maximum Gasteiger partial charge on any atom is 0.119 e. The van der Waals surface area contributed by atoms with E-state index in [2.05, 4.69) is 29.8 Å². The third kappa shape index (κ3) is 2.05. The standard InChI is InChI=1S/C13H20N2O/c1-4-12(5-2)15-9-16-8-11-7-14-10(3)6-13(11)15/h6-7,12H,4-5,8-9H2,1-3H3. The lowest BCUT2D eigenvalue weighted by molar-refractivity contribution is 0.103. The molecule has 0 aliphatic carbocycles. The summed E-state index contributed by atoms with van der Waals surface area (Å²) in [5, 5.41) is 0. The molecule has 0 radical (unpaired) electrons. The fourth-order valence-corrected chi connectivity index (χ4v) is 2.31. The van der Waals surface area contributed by atoms with Crippen molar-refractivity contribution in [2.45, 2.75) is 46.3 Å². The van der Waals surface area contributed by atoms with Crippen LogP contribution in [0, 0.1) is 6.92 Å². The number of aryl methyl sites for hydroxylation is 1. The molecule has 88 valence electrons. The quantitative estimate of drug-likeness (QED) is 0.783. The first-order chi connectivity index (χ1) is 7.76. The van der Waals surface area contributed by atoms with Crippen molar-refractivity contribution >= 4 is 5.69 Å². The number of aromatic nitrogens is 1. The molecule has 0 saturated carbocycles. The number of fused-ring (bicyclic) bond motifs is 1. The molecule has 0 bridgehead atoms. The third-order valence-electron chi connectivity index (χ3n) is 3.28. The molecule has 1 aliphatic heterocycles. The third-order valence-corrected chi connectivity index (χ3v) is 3.28. The van der Waals surface area contributed by atoms with Gasteiger partial charge in [-0.05, 0) is 25.8 Å². The SMILES string of the molecule is CCC(CC)N1COCc2cnc(C)cc21. The summed E-state index contributed by atoms with van der Waals surface area (Å²) >= 11 is 0. The van der Waals surface area contributed by atoms with Gasteiger partial charge >= 0.3 is 0 Å². The average Bonchev–Trinajstić information content (AvgIpc) is 2.31. The van der Waals surface area contributed by atoms with E-state index in [1.165, 1.54) is 11.3 Å². The predicted molar refractivity (Wildman–Crippen MR) is 65.5 cm³/mol. The van der Waals surface area contributed by atoms with Crippen molar-refractivity contribution < 1.29 is 4.74 Å². The highest BCUT2D eigenvalue weighted by atomic mass is 16.5. The van der Waals surface area contributed by atoms with Gasteiger partial charge in [-0.3, -0.25) is 4.98 Å². The molecule has 1 aliphatic rings. The van der Waals surface area contributed by atoms with E-state index in [9.17, 15) is 0 Å². The Morgan fingerprint density at radius 1 is 1.44 bits per heavy atom. The minimum atomic E-state index is 0.570. The van der Waals surface area contributed by atoms with Crippen LogP contribution in [0.25, 0.3) is 0 Å². The number of pyridine rings is 1. The molecule has 3 heteroatoms. The van der Waals surface area contributed by atoms with Gasteiger partial charge in [0.05, 0.1) is 6.61 Å². The maximum absolute atomic E-state index is 5.62. The molecule has 0 N–H and O–H groups in total. The topological polar surface area (TPSA) is 25.4 Å². The van der Waals surface area contributed by atoms with E-state index in [1.807, 2.05) is 13.1 Å². The Kier molecular flexibility index (Phi) is 3.44. The summed E-state index contributed by atoms with van der Waals surface area (Å²) < 4.78 is 5.62. The minimum absolute atomic E-state index is 0.570. The van der Waals surface area contributed by atoms with Crippen molar-refractivity contribution in [2.24, 2.45) is 0 Å². The van der Waals surface area contributed by atoms with Crippen LogP contribution in [0.1, 0.15) is 37.9 Å². The van der Waals surface area contributed by atoms with Crippen LogP contribution in [0.15, 0.2) is 12.3 Å². The van der Waals surface area contributed by atoms with Gasteiger partial charge < -0.3 is 9.64 Å². The largest absolute Gasteiger partial charge is 0.356 e. The normalized spacial score (nSPS) is 15.4. The first kappa shape index (κ1) is 11.4. The molecule has 0 spiro atoms. The van der Waals surface area contributed by atoms with Crippen molar-refractivity contribution in [2.75, 3.05) is 11.6 Å². The average molecular weight is 220 g/mol. The van der Waals surface area contributed by atoms with Crippen LogP contribution in [-0.2, 0) is 11.3 Å². The number of hydrogen-bond acceptors (Lipinski definition) is 3. The van der Waals surface area contributed by atoms with Gasteiger partial charge in [0.2, 0.25) is 0 Å². The van der Waals surface area contributed by atoms with E-state index in [0.717, 1.165) is 18.5 Å². The molecule has 0 amide bonds. The highest BCUT2D eigenvalue weighted by molar-refractivity contribution is 5.55. The van der Waals surface area contributed by atoms with Crippen molar-refractivity contribution in [3.05, 3.63) is 23.5 Å². The van der Waals surface area contributed by atoms with Gasteiger partial charge in [0.15, 0.2) is 0 Å². The van der Waals surface area contributed by atoms with E-state index >= 15 is 0 Å². The highest BCUT2D eigenvalue weighted by Gasteiger charge is 2.22. The summed E-state index contributed by atoms with van der Waals surface area (Å²) in [5.74, 6) is 0. The first-order valence-electron chi connectivity index (χ1n) is 6.06. The Morgan fingerprint density at radius 3 is 2.88 bits per heavy atom. The zero-order valence-corrected chi connectivity index (χ0v) is 10.4. The molecule has 1 aromatic rings. The second kappa shape index (κ2) is 4.83. The molecule has 0 atom stereocenters. The fourth-order valence-electron chi connectivity index (χ4n) is 2.31. The summed E-state index contributed by atoms with van der Waals surface area (Å²) in [6.45, 7) is 7.91. The molecule has 2 heterocycles. The fraction of sp³-hybridized carbons (Fsp3) is 0.615. The molecular weight excluding hydrogens is 200 g/mol. The Hall–Kier alpha value is -1.09. The molecular formula is C13H20N2O.